The van der Waals surface area contributed by atoms with Crippen LogP contribution in [0.4, 0.5) is 11.4 Å². The Bertz CT molecular complexity index is 599. The average Bonchev–Trinajstić information content (AvgIpc) is 2.49. The normalized spacial score (nSPS) is 10.0. The third-order valence-electron chi connectivity index (χ3n) is 2.88. The van der Waals surface area contributed by atoms with Crippen molar-refractivity contribution in [2.75, 3.05) is 24.3 Å². The number of anilines is 2. The predicted octanol–water partition coefficient (Wildman–Crippen LogP) is 3.90. The molecular formula is C16H17BrN2O2. The minimum absolute atomic E-state index is 0.0344. The minimum atomic E-state index is -0.0344. The number of carbonyl (C=O) groups is 1. The van der Waals surface area contributed by atoms with E-state index >= 15 is 0 Å². The van der Waals surface area contributed by atoms with E-state index in [1.807, 2.05) is 42.5 Å². The van der Waals surface area contributed by atoms with E-state index in [0.29, 0.717) is 13.0 Å². The molecule has 0 spiro atoms. The summed E-state index contributed by atoms with van der Waals surface area (Å²) >= 11 is 3.38. The Morgan fingerprint density at radius 2 is 1.90 bits per heavy atom. The molecule has 1 amide bonds. The van der Waals surface area contributed by atoms with Gasteiger partial charge in [-0.1, -0.05) is 22.0 Å². The molecule has 5 heteroatoms. The summed E-state index contributed by atoms with van der Waals surface area (Å²) in [4.78, 5) is 11.9. The lowest BCUT2D eigenvalue weighted by Crippen LogP contribution is -2.16. The highest BCUT2D eigenvalue weighted by Crippen LogP contribution is 2.17. The van der Waals surface area contributed by atoms with Crippen LogP contribution in [0.2, 0.25) is 0 Å². The molecule has 21 heavy (non-hydrogen) atoms. The Morgan fingerprint density at radius 3 is 2.62 bits per heavy atom. The molecule has 0 aliphatic heterocycles. The summed E-state index contributed by atoms with van der Waals surface area (Å²) in [6.45, 7) is 0.581. The summed E-state index contributed by atoms with van der Waals surface area (Å²) in [5.74, 6) is 0.689. The van der Waals surface area contributed by atoms with E-state index in [-0.39, 0.29) is 5.91 Å². The van der Waals surface area contributed by atoms with Crippen molar-refractivity contribution in [3.8, 4) is 5.75 Å². The fourth-order valence-corrected chi connectivity index (χ4v) is 2.08. The lowest BCUT2D eigenvalue weighted by molar-refractivity contribution is -0.115. The van der Waals surface area contributed by atoms with Gasteiger partial charge >= 0.3 is 0 Å². The Hall–Kier alpha value is -2.01. The zero-order valence-corrected chi connectivity index (χ0v) is 13.3. The van der Waals surface area contributed by atoms with Crippen molar-refractivity contribution >= 4 is 33.2 Å². The highest BCUT2D eigenvalue weighted by atomic mass is 79.9. The fraction of sp³-hybridized carbons (Fsp3) is 0.188. The molecule has 0 atom stereocenters. The van der Waals surface area contributed by atoms with Gasteiger partial charge in [-0.3, -0.25) is 4.79 Å². The van der Waals surface area contributed by atoms with Crippen LogP contribution < -0.4 is 15.4 Å². The molecule has 0 saturated carbocycles. The Balaban J connectivity index is 1.78. The number of methoxy groups -OCH3 is 1. The molecule has 0 fully saturated rings. The number of benzene rings is 2. The maximum Gasteiger partial charge on any atom is 0.226 e. The van der Waals surface area contributed by atoms with E-state index in [1.54, 1.807) is 13.2 Å². The van der Waals surface area contributed by atoms with E-state index in [9.17, 15) is 4.79 Å². The summed E-state index contributed by atoms with van der Waals surface area (Å²) in [6.07, 6.45) is 0.396. The quantitative estimate of drug-likeness (QED) is 0.832. The molecule has 110 valence electrons. The number of carbonyl (C=O) groups excluding carboxylic acids is 1. The van der Waals surface area contributed by atoms with Gasteiger partial charge in [0.15, 0.2) is 0 Å². The van der Waals surface area contributed by atoms with Crippen molar-refractivity contribution in [3.05, 3.63) is 53.0 Å². The van der Waals surface area contributed by atoms with Gasteiger partial charge in [-0.2, -0.15) is 0 Å². The standard InChI is InChI=1S/C16H17BrN2O2/c1-21-15-4-2-3-14(11-15)19-16(20)9-10-18-13-7-5-12(17)6-8-13/h2-8,11,18H,9-10H2,1H3,(H,19,20). The van der Waals surface area contributed by atoms with E-state index in [0.717, 1.165) is 21.6 Å². The Labute approximate surface area is 132 Å². The van der Waals surface area contributed by atoms with Crippen molar-refractivity contribution in [2.24, 2.45) is 0 Å². The van der Waals surface area contributed by atoms with Crippen LogP contribution in [-0.4, -0.2) is 19.6 Å². The topological polar surface area (TPSA) is 50.4 Å². The van der Waals surface area contributed by atoms with E-state index in [1.165, 1.54) is 0 Å². The number of halogens is 1. The predicted molar refractivity (Wildman–Crippen MR) is 88.9 cm³/mol. The van der Waals surface area contributed by atoms with Gasteiger partial charge in [0, 0.05) is 34.9 Å². The summed E-state index contributed by atoms with van der Waals surface area (Å²) in [7, 11) is 1.60. The van der Waals surface area contributed by atoms with Gasteiger partial charge in [-0.05, 0) is 36.4 Å². The lowest BCUT2D eigenvalue weighted by Gasteiger charge is -2.08. The number of hydrogen-bond donors (Lipinski definition) is 2. The van der Waals surface area contributed by atoms with Gasteiger partial charge in [0.1, 0.15) is 5.75 Å². The van der Waals surface area contributed by atoms with E-state index in [2.05, 4.69) is 26.6 Å². The number of rotatable bonds is 6. The van der Waals surface area contributed by atoms with Crippen molar-refractivity contribution < 1.29 is 9.53 Å². The average molecular weight is 349 g/mol. The van der Waals surface area contributed by atoms with Gasteiger partial charge in [-0.15, -0.1) is 0 Å². The SMILES string of the molecule is COc1cccc(NC(=O)CCNc2ccc(Br)cc2)c1. The first-order valence-corrected chi connectivity index (χ1v) is 7.40. The molecule has 2 aromatic rings. The first-order valence-electron chi connectivity index (χ1n) is 6.61. The maximum absolute atomic E-state index is 11.9. The molecule has 2 rings (SSSR count). The zero-order valence-electron chi connectivity index (χ0n) is 11.7. The molecule has 0 aromatic heterocycles. The number of amides is 1. The highest BCUT2D eigenvalue weighted by Gasteiger charge is 2.03. The summed E-state index contributed by atoms with van der Waals surface area (Å²) in [5, 5.41) is 6.05. The van der Waals surface area contributed by atoms with E-state index in [4.69, 9.17) is 4.74 Å². The maximum atomic E-state index is 11.9. The monoisotopic (exact) mass is 348 g/mol. The second-order valence-electron chi connectivity index (χ2n) is 4.46. The second kappa shape index (κ2) is 7.69. The second-order valence-corrected chi connectivity index (χ2v) is 5.38. The van der Waals surface area contributed by atoms with Gasteiger partial charge in [0.05, 0.1) is 7.11 Å². The molecule has 0 aliphatic rings. The molecule has 2 aromatic carbocycles. The molecule has 0 aliphatic carbocycles. The summed E-state index contributed by atoms with van der Waals surface area (Å²) in [5.41, 5.74) is 1.73. The van der Waals surface area contributed by atoms with Crippen LogP contribution in [-0.2, 0) is 4.79 Å². The van der Waals surface area contributed by atoms with E-state index < -0.39 is 0 Å². The molecule has 0 bridgehead atoms. The molecule has 2 N–H and O–H groups in total. The molecule has 0 saturated heterocycles. The van der Waals surface area contributed by atoms with Crippen LogP contribution >= 0.6 is 15.9 Å². The van der Waals surface area contributed by atoms with Crippen LogP contribution in [0.5, 0.6) is 5.75 Å². The molecule has 0 heterocycles. The smallest absolute Gasteiger partial charge is 0.226 e. The van der Waals surface area contributed by atoms with Crippen LogP contribution in [0.3, 0.4) is 0 Å². The molecule has 4 nitrogen and oxygen atoms in total. The van der Waals surface area contributed by atoms with Crippen molar-refractivity contribution in [1.82, 2.24) is 0 Å². The largest absolute Gasteiger partial charge is 0.497 e. The zero-order chi connectivity index (χ0) is 15.1. The molecule has 0 radical (unpaired) electrons. The minimum Gasteiger partial charge on any atom is -0.497 e. The lowest BCUT2D eigenvalue weighted by atomic mass is 10.2. The summed E-state index contributed by atoms with van der Waals surface area (Å²) < 4.78 is 6.15. The van der Waals surface area contributed by atoms with Gasteiger partial charge in [-0.25, -0.2) is 0 Å². The third-order valence-corrected chi connectivity index (χ3v) is 3.41. The molecular weight excluding hydrogens is 332 g/mol. The van der Waals surface area contributed by atoms with Crippen LogP contribution in [0, 0.1) is 0 Å². The van der Waals surface area contributed by atoms with Crippen LogP contribution in [0.25, 0.3) is 0 Å². The number of hydrogen-bond acceptors (Lipinski definition) is 3. The van der Waals surface area contributed by atoms with Gasteiger partial charge < -0.3 is 15.4 Å². The van der Waals surface area contributed by atoms with Gasteiger partial charge in [0.25, 0.3) is 0 Å². The number of ether oxygens (including phenoxy) is 1. The first kappa shape index (κ1) is 15.4. The Kier molecular flexibility index (Phi) is 5.63. The van der Waals surface area contributed by atoms with Crippen LogP contribution in [0.15, 0.2) is 53.0 Å². The third kappa shape index (κ3) is 5.11. The number of nitrogens with one attached hydrogen (secondary N) is 2. The van der Waals surface area contributed by atoms with Crippen LogP contribution in [0.1, 0.15) is 6.42 Å². The van der Waals surface area contributed by atoms with Crippen molar-refractivity contribution in [3.63, 3.8) is 0 Å². The van der Waals surface area contributed by atoms with Gasteiger partial charge in [0.2, 0.25) is 5.91 Å². The Morgan fingerprint density at radius 1 is 1.14 bits per heavy atom. The van der Waals surface area contributed by atoms with Crippen molar-refractivity contribution in [1.29, 1.82) is 0 Å². The fourth-order valence-electron chi connectivity index (χ4n) is 1.81. The summed E-state index contributed by atoms with van der Waals surface area (Å²) in [6, 6.07) is 15.1. The molecule has 0 unspecified atom stereocenters. The highest BCUT2D eigenvalue weighted by molar-refractivity contribution is 9.10. The first-order chi connectivity index (χ1) is 10.2. The van der Waals surface area contributed by atoms with Crippen molar-refractivity contribution in [2.45, 2.75) is 6.42 Å².